The highest BCUT2D eigenvalue weighted by molar-refractivity contribution is 7.98. The predicted octanol–water partition coefficient (Wildman–Crippen LogP) is -3.45. The van der Waals surface area contributed by atoms with Gasteiger partial charge in [-0.25, -0.2) is 4.79 Å². The fourth-order valence-electron chi connectivity index (χ4n) is 2.18. The number of carboxylic acid groups (broad SMARTS) is 3. The molecule has 0 saturated carbocycles. The van der Waals surface area contributed by atoms with E-state index in [-0.39, 0.29) is 6.42 Å². The van der Waals surface area contributed by atoms with E-state index in [2.05, 4.69) is 10.6 Å². The van der Waals surface area contributed by atoms with Gasteiger partial charge in [0.15, 0.2) is 0 Å². The van der Waals surface area contributed by atoms with Gasteiger partial charge in [-0.2, -0.15) is 11.8 Å². The van der Waals surface area contributed by atoms with Crippen LogP contribution in [-0.2, 0) is 28.8 Å². The summed E-state index contributed by atoms with van der Waals surface area (Å²) in [5.74, 6) is -7.08. The summed E-state index contributed by atoms with van der Waals surface area (Å²) < 4.78 is 0. The fourth-order valence-corrected chi connectivity index (χ4v) is 2.65. The number of nitrogens with one attached hydrogen (secondary N) is 3. The van der Waals surface area contributed by atoms with E-state index in [1.165, 1.54) is 11.8 Å². The van der Waals surface area contributed by atoms with Crippen LogP contribution in [0, 0.1) is 0 Å². The van der Waals surface area contributed by atoms with Gasteiger partial charge in [0, 0.05) is 0 Å². The molecule has 0 spiro atoms. The summed E-state index contributed by atoms with van der Waals surface area (Å²) in [6.07, 6.45) is 0.171. The Balaban J connectivity index is 5.40. The van der Waals surface area contributed by atoms with Crippen molar-refractivity contribution in [3.8, 4) is 0 Å². The van der Waals surface area contributed by atoms with Gasteiger partial charge in [-0.15, -0.1) is 0 Å². The van der Waals surface area contributed by atoms with Crippen molar-refractivity contribution in [1.82, 2.24) is 16.0 Å². The lowest BCUT2D eigenvalue weighted by atomic mass is 10.1. The molecule has 9 N–H and O–H groups in total. The van der Waals surface area contributed by atoms with Crippen LogP contribution in [0.15, 0.2) is 0 Å². The topological polar surface area (TPSA) is 245 Å². The summed E-state index contributed by atoms with van der Waals surface area (Å²) >= 11 is 1.32. The summed E-state index contributed by atoms with van der Waals surface area (Å²) in [5, 5.41) is 41.8. The number of amides is 3. The van der Waals surface area contributed by atoms with E-state index in [0.717, 1.165) is 0 Å². The average molecular weight is 466 g/mol. The van der Waals surface area contributed by atoms with Crippen molar-refractivity contribution in [3.05, 3.63) is 0 Å². The van der Waals surface area contributed by atoms with Gasteiger partial charge in [0.2, 0.25) is 17.7 Å². The maximum absolute atomic E-state index is 12.6. The van der Waals surface area contributed by atoms with E-state index in [4.69, 9.17) is 26.2 Å². The Kier molecular flexibility index (Phi) is 12.8. The number of carbonyl (C=O) groups excluding carboxylic acids is 3. The second-order valence-corrected chi connectivity index (χ2v) is 7.27. The van der Waals surface area contributed by atoms with Crippen LogP contribution in [0.5, 0.6) is 0 Å². The molecule has 0 aliphatic rings. The standard InChI is InChI=1S/C16H26N4O10S/c1-31-3-2-8(18-13(26)7(17)4-11(22)23)14(27)19-9(5-12(24)25)15(28)20-10(6-21)16(29)30/h7-10,21H,2-6,17H2,1H3,(H,18,26)(H,19,27)(H,20,28)(H,22,23)(H,24,25)(H,29,30). The number of rotatable bonds is 15. The van der Waals surface area contributed by atoms with Crippen molar-refractivity contribution in [2.24, 2.45) is 5.73 Å². The zero-order chi connectivity index (χ0) is 24.1. The molecule has 3 amide bonds. The molecule has 4 unspecified atom stereocenters. The number of hydrogen-bond acceptors (Lipinski definition) is 9. The number of carboxylic acids is 3. The van der Waals surface area contributed by atoms with Gasteiger partial charge < -0.3 is 42.1 Å². The number of carbonyl (C=O) groups is 6. The molecule has 31 heavy (non-hydrogen) atoms. The number of aliphatic carboxylic acids is 3. The lowest BCUT2D eigenvalue weighted by molar-refractivity contribution is -0.144. The molecular weight excluding hydrogens is 440 g/mol. The van der Waals surface area contributed by atoms with Crippen molar-refractivity contribution in [1.29, 1.82) is 0 Å². The Labute approximate surface area is 180 Å². The molecule has 0 radical (unpaired) electrons. The molecule has 0 aromatic rings. The molecule has 0 aromatic heterocycles. The molecule has 4 atom stereocenters. The van der Waals surface area contributed by atoms with Crippen LogP contribution in [-0.4, -0.2) is 98.8 Å². The average Bonchev–Trinajstić information content (AvgIpc) is 2.66. The van der Waals surface area contributed by atoms with Gasteiger partial charge in [-0.05, 0) is 18.4 Å². The molecule has 0 aromatic carbocycles. The number of thioether (sulfide) groups is 1. The van der Waals surface area contributed by atoms with Crippen molar-refractivity contribution >= 4 is 47.4 Å². The first-order valence-electron chi connectivity index (χ1n) is 8.85. The molecule has 0 bridgehead atoms. The predicted molar refractivity (Wildman–Crippen MR) is 106 cm³/mol. The summed E-state index contributed by atoms with van der Waals surface area (Å²) in [4.78, 5) is 69.6. The number of nitrogens with two attached hydrogens (primary N) is 1. The summed E-state index contributed by atoms with van der Waals surface area (Å²) in [5.41, 5.74) is 5.46. The van der Waals surface area contributed by atoms with Crippen LogP contribution in [0.2, 0.25) is 0 Å². The SMILES string of the molecule is CSCCC(NC(=O)C(N)CC(=O)O)C(=O)NC(CC(=O)O)C(=O)NC(CO)C(=O)O. The monoisotopic (exact) mass is 466 g/mol. The largest absolute Gasteiger partial charge is 0.481 e. The third-order valence-corrected chi connectivity index (χ3v) is 4.43. The Bertz CT molecular complexity index is 689. The van der Waals surface area contributed by atoms with Gasteiger partial charge in [0.1, 0.15) is 18.1 Å². The second kappa shape index (κ2) is 14.2. The van der Waals surface area contributed by atoms with E-state index >= 15 is 0 Å². The summed E-state index contributed by atoms with van der Waals surface area (Å²) in [6, 6.07) is -6.14. The Hall–Kier alpha value is -2.91. The van der Waals surface area contributed by atoms with E-state index in [9.17, 15) is 28.8 Å². The number of hydrogen-bond donors (Lipinski definition) is 8. The third-order valence-electron chi connectivity index (χ3n) is 3.78. The van der Waals surface area contributed by atoms with Crippen LogP contribution in [0.1, 0.15) is 19.3 Å². The minimum absolute atomic E-state index is 0.0499. The third kappa shape index (κ3) is 11.2. The first-order chi connectivity index (χ1) is 14.4. The van der Waals surface area contributed by atoms with E-state index in [1.807, 2.05) is 5.32 Å². The van der Waals surface area contributed by atoms with Gasteiger partial charge in [-0.3, -0.25) is 24.0 Å². The van der Waals surface area contributed by atoms with Crippen molar-refractivity contribution in [2.45, 2.75) is 43.4 Å². The smallest absolute Gasteiger partial charge is 0.328 e. The van der Waals surface area contributed by atoms with Crippen LogP contribution in [0.3, 0.4) is 0 Å². The maximum atomic E-state index is 12.6. The van der Waals surface area contributed by atoms with Crippen molar-refractivity contribution < 1.29 is 49.2 Å². The van der Waals surface area contributed by atoms with Crippen LogP contribution < -0.4 is 21.7 Å². The van der Waals surface area contributed by atoms with E-state index < -0.39 is 79.2 Å². The minimum atomic E-state index is -1.72. The lowest BCUT2D eigenvalue weighted by Gasteiger charge is -2.24. The van der Waals surface area contributed by atoms with Gasteiger partial charge in [0.05, 0.1) is 25.5 Å². The van der Waals surface area contributed by atoms with Crippen molar-refractivity contribution in [2.75, 3.05) is 18.6 Å². The molecule has 176 valence electrons. The Morgan fingerprint density at radius 2 is 1.29 bits per heavy atom. The maximum Gasteiger partial charge on any atom is 0.328 e. The van der Waals surface area contributed by atoms with Gasteiger partial charge >= 0.3 is 17.9 Å². The molecule has 15 heteroatoms. The highest BCUT2D eigenvalue weighted by atomic mass is 32.2. The molecule has 0 aliphatic heterocycles. The molecule has 0 heterocycles. The highest BCUT2D eigenvalue weighted by Crippen LogP contribution is 2.04. The van der Waals surface area contributed by atoms with Crippen LogP contribution in [0.25, 0.3) is 0 Å². The lowest BCUT2D eigenvalue weighted by Crippen LogP contribution is -2.58. The van der Waals surface area contributed by atoms with Crippen molar-refractivity contribution in [3.63, 3.8) is 0 Å². The fraction of sp³-hybridized carbons (Fsp3) is 0.625. The van der Waals surface area contributed by atoms with E-state index in [1.54, 1.807) is 6.26 Å². The second-order valence-electron chi connectivity index (χ2n) is 6.29. The Morgan fingerprint density at radius 1 is 0.806 bits per heavy atom. The summed E-state index contributed by atoms with van der Waals surface area (Å²) in [7, 11) is 0. The quantitative estimate of drug-likeness (QED) is 0.117. The van der Waals surface area contributed by atoms with E-state index in [0.29, 0.717) is 5.75 Å². The first kappa shape index (κ1) is 28.1. The number of aliphatic hydroxyl groups excluding tert-OH is 1. The van der Waals surface area contributed by atoms with Gasteiger partial charge in [-0.1, -0.05) is 0 Å². The van der Waals surface area contributed by atoms with Crippen LogP contribution >= 0.6 is 11.8 Å². The molecule has 14 nitrogen and oxygen atoms in total. The molecule has 0 aliphatic carbocycles. The number of aliphatic hydroxyl groups is 1. The molecule has 0 rings (SSSR count). The molecule has 0 saturated heterocycles. The Morgan fingerprint density at radius 3 is 1.74 bits per heavy atom. The zero-order valence-electron chi connectivity index (χ0n) is 16.6. The molecular formula is C16H26N4O10S. The minimum Gasteiger partial charge on any atom is -0.481 e. The summed E-state index contributed by atoms with van der Waals surface area (Å²) in [6.45, 7) is -0.970. The van der Waals surface area contributed by atoms with Crippen LogP contribution in [0.4, 0.5) is 0 Å². The zero-order valence-corrected chi connectivity index (χ0v) is 17.4. The van der Waals surface area contributed by atoms with Gasteiger partial charge in [0.25, 0.3) is 0 Å². The highest BCUT2D eigenvalue weighted by Gasteiger charge is 2.31. The normalized spacial score (nSPS) is 14.4. The first-order valence-corrected chi connectivity index (χ1v) is 10.2. The molecule has 0 fully saturated rings.